The number of fused-ring (bicyclic) bond motifs is 1. The second-order valence-electron chi connectivity index (χ2n) is 7.05. The third-order valence-electron chi connectivity index (χ3n) is 5.64. The molecule has 0 aromatic carbocycles. The monoisotopic (exact) mass is 348 g/mol. The van der Waals surface area contributed by atoms with Gasteiger partial charge in [-0.15, -0.1) is 0 Å². The second-order valence-corrected chi connectivity index (χ2v) is 7.05. The van der Waals surface area contributed by atoms with Crippen LogP contribution in [0.5, 0.6) is 0 Å². The van der Waals surface area contributed by atoms with Crippen molar-refractivity contribution < 1.29 is 27.5 Å². The number of piperidine rings is 1. The number of carbonyl (C=O) groups is 2. The molecular weight excluding hydrogens is 325 g/mol. The molecule has 8 heteroatoms. The molecule has 1 aliphatic carbocycles. The highest BCUT2D eigenvalue weighted by Crippen LogP contribution is 2.44. The highest BCUT2D eigenvalue weighted by molar-refractivity contribution is 5.84. The van der Waals surface area contributed by atoms with E-state index in [0.717, 1.165) is 24.2 Å². The van der Waals surface area contributed by atoms with Crippen molar-refractivity contribution in [1.29, 1.82) is 0 Å². The minimum Gasteiger partial charge on any atom is -0.468 e. The Balaban J connectivity index is 1.78. The Morgan fingerprint density at radius 1 is 1.25 bits per heavy atom. The number of amides is 1. The molecular formula is C16H23F3N2O3. The van der Waals surface area contributed by atoms with Crippen LogP contribution in [0.4, 0.5) is 13.2 Å². The minimum atomic E-state index is -4.40. The maximum absolute atomic E-state index is 12.7. The topological polar surface area (TPSA) is 49.9 Å². The van der Waals surface area contributed by atoms with E-state index in [-0.39, 0.29) is 18.4 Å². The van der Waals surface area contributed by atoms with Gasteiger partial charge in [-0.1, -0.05) is 6.42 Å². The van der Waals surface area contributed by atoms with Gasteiger partial charge in [-0.05, 0) is 37.5 Å². The number of alkyl halides is 3. The summed E-state index contributed by atoms with van der Waals surface area (Å²) in [6.07, 6.45) is -0.418. The van der Waals surface area contributed by atoms with Crippen LogP contribution in [0, 0.1) is 11.8 Å². The van der Waals surface area contributed by atoms with E-state index in [2.05, 4.69) is 0 Å². The van der Waals surface area contributed by atoms with Crippen molar-refractivity contribution in [1.82, 2.24) is 9.80 Å². The summed E-state index contributed by atoms with van der Waals surface area (Å²) in [5.74, 6) is -0.388. The van der Waals surface area contributed by atoms with Gasteiger partial charge in [0.2, 0.25) is 5.91 Å². The Morgan fingerprint density at radius 2 is 2.00 bits per heavy atom. The zero-order chi connectivity index (χ0) is 17.5. The molecule has 0 radical (unpaired) electrons. The van der Waals surface area contributed by atoms with E-state index < -0.39 is 30.7 Å². The Labute approximate surface area is 139 Å². The lowest BCUT2D eigenvalue weighted by atomic mass is 9.93. The molecule has 0 aromatic rings. The number of methoxy groups -OCH3 is 1. The van der Waals surface area contributed by atoms with Crippen LogP contribution in [0.1, 0.15) is 32.1 Å². The smallest absolute Gasteiger partial charge is 0.406 e. The lowest BCUT2D eigenvalue weighted by Gasteiger charge is -2.39. The van der Waals surface area contributed by atoms with E-state index in [1.54, 1.807) is 0 Å². The number of rotatable bonds is 3. The molecule has 0 N–H and O–H groups in total. The predicted molar refractivity (Wildman–Crippen MR) is 79.0 cm³/mol. The van der Waals surface area contributed by atoms with Crippen molar-refractivity contribution in [3.05, 3.63) is 0 Å². The number of esters is 1. The fourth-order valence-electron chi connectivity index (χ4n) is 4.69. The molecule has 2 saturated heterocycles. The van der Waals surface area contributed by atoms with E-state index >= 15 is 0 Å². The first kappa shape index (κ1) is 17.5. The van der Waals surface area contributed by atoms with Crippen molar-refractivity contribution in [2.45, 2.75) is 50.4 Å². The maximum Gasteiger partial charge on any atom is 0.406 e. The number of likely N-dealkylation sites (tertiary alicyclic amines) is 2. The van der Waals surface area contributed by atoms with Gasteiger partial charge >= 0.3 is 12.1 Å². The summed E-state index contributed by atoms with van der Waals surface area (Å²) in [7, 11) is 1.32. The zero-order valence-corrected chi connectivity index (χ0v) is 13.7. The summed E-state index contributed by atoms with van der Waals surface area (Å²) in [6.45, 7) is -0.495. The van der Waals surface area contributed by atoms with Crippen molar-refractivity contribution in [2.24, 2.45) is 11.8 Å². The van der Waals surface area contributed by atoms with Crippen LogP contribution in [-0.4, -0.2) is 66.7 Å². The Kier molecular flexibility index (Phi) is 4.77. The van der Waals surface area contributed by atoms with Crippen molar-refractivity contribution in [2.75, 3.05) is 26.7 Å². The molecule has 3 rings (SSSR count). The van der Waals surface area contributed by atoms with Crippen LogP contribution in [0.25, 0.3) is 0 Å². The molecule has 0 bridgehead atoms. The molecule has 0 unspecified atom stereocenters. The summed E-state index contributed by atoms with van der Waals surface area (Å²) in [6, 6.07) is -1.14. The largest absolute Gasteiger partial charge is 0.468 e. The van der Waals surface area contributed by atoms with Crippen LogP contribution in [-0.2, 0) is 14.3 Å². The summed E-state index contributed by atoms with van der Waals surface area (Å²) < 4.78 is 43.0. The number of carbonyl (C=O) groups excluding carboxylic acids is 2. The van der Waals surface area contributed by atoms with Gasteiger partial charge in [-0.25, -0.2) is 0 Å². The van der Waals surface area contributed by atoms with Crippen LogP contribution >= 0.6 is 0 Å². The number of ether oxygens (including phenoxy) is 1. The molecule has 4 atom stereocenters. The molecule has 1 amide bonds. The van der Waals surface area contributed by atoms with Crippen LogP contribution < -0.4 is 0 Å². The average molecular weight is 348 g/mol. The highest BCUT2D eigenvalue weighted by Gasteiger charge is 2.52. The zero-order valence-electron chi connectivity index (χ0n) is 13.7. The summed E-state index contributed by atoms with van der Waals surface area (Å²) >= 11 is 0. The Morgan fingerprint density at radius 3 is 2.67 bits per heavy atom. The molecule has 5 nitrogen and oxygen atoms in total. The fourth-order valence-corrected chi connectivity index (χ4v) is 4.69. The Hall–Kier alpha value is -1.31. The van der Waals surface area contributed by atoms with Crippen LogP contribution in [0.2, 0.25) is 0 Å². The van der Waals surface area contributed by atoms with Crippen molar-refractivity contribution in [3.63, 3.8) is 0 Å². The normalized spacial score (nSPS) is 34.5. The molecule has 3 fully saturated rings. The number of hydrogen-bond donors (Lipinski definition) is 0. The minimum absolute atomic E-state index is 0.123. The van der Waals surface area contributed by atoms with Crippen molar-refractivity contribution in [3.8, 4) is 0 Å². The van der Waals surface area contributed by atoms with Gasteiger partial charge in [0, 0.05) is 13.1 Å². The van der Waals surface area contributed by atoms with E-state index in [4.69, 9.17) is 4.74 Å². The van der Waals surface area contributed by atoms with Gasteiger partial charge in [0.15, 0.2) is 0 Å². The van der Waals surface area contributed by atoms with Gasteiger partial charge in [0.25, 0.3) is 0 Å². The van der Waals surface area contributed by atoms with E-state index in [0.29, 0.717) is 25.3 Å². The van der Waals surface area contributed by atoms with Gasteiger partial charge in [-0.2, -0.15) is 13.2 Å². The van der Waals surface area contributed by atoms with Gasteiger partial charge < -0.3 is 9.64 Å². The number of nitrogens with zero attached hydrogens (tertiary/aromatic N) is 2. The molecule has 24 heavy (non-hydrogen) atoms. The predicted octanol–water partition coefficient (Wildman–Crippen LogP) is 1.81. The third-order valence-corrected chi connectivity index (χ3v) is 5.64. The molecule has 2 aliphatic heterocycles. The van der Waals surface area contributed by atoms with Gasteiger partial charge in [-0.3, -0.25) is 14.5 Å². The van der Waals surface area contributed by atoms with E-state index in [9.17, 15) is 22.8 Å². The second kappa shape index (κ2) is 6.54. The van der Waals surface area contributed by atoms with E-state index in [1.165, 1.54) is 7.11 Å². The molecule has 0 spiro atoms. The Bertz CT molecular complexity index is 511. The first-order valence-electron chi connectivity index (χ1n) is 8.51. The summed E-state index contributed by atoms with van der Waals surface area (Å²) in [5, 5.41) is 0. The first-order chi connectivity index (χ1) is 11.3. The SMILES string of the molecule is COC(=O)[C@@H]1[C@@H]2CCC[C@@H]2CN1[C@@H]1CCCN(CC(F)(F)F)C1=O. The summed E-state index contributed by atoms with van der Waals surface area (Å²) in [5.41, 5.74) is 0. The van der Waals surface area contributed by atoms with Gasteiger partial charge in [0.1, 0.15) is 12.6 Å². The third kappa shape index (κ3) is 3.25. The lowest BCUT2D eigenvalue weighted by Crippen LogP contribution is -2.57. The first-order valence-corrected chi connectivity index (χ1v) is 8.51. The standard InChI is InChI=1S/C16H23F3N2O3/c1-24-15(23)13-11-5-2-4-10(11)8-21(13)12-6-3-7-20(14(12)22)9-16(17,18)19/h10-13H,2-9H2,1H3/t10-,11-,12-,13+/m1/s1. The fraction of sp³-hybridized carbons (Fsp3) is 0.875. The quantitative estimate of drug-likeness (QED) is 0.730. The lowest BCUT2D eigenvalue weighted by molar-refractivity contribution is -0.169. The highest BCUT2D eigenvalue weighted by atomic mass is 19.4. The van der Waals surface area contributed by atoms with E-state index in [1.807, 2.05) is 4.90 Å². The number of halogens is 3. The molecule has 1 saturated carbocycles. The molecule has 136 valence electrons. The van der Waals surface area contributed by atoms with Crippen molar-refractivity contribution >= 4 is 11.9 Å². The van der Waals surface area contributed by atoms with Crippen LogP contribution in [0.3, 0.4) is 0 Å². The average Bonchev–Trinajstić information content (AvgIpc) is 3.07. The molecule has 0 aromatic heterocycles. The summed E-state index contributed by atoms with van der Waals surface area (Å²) in [4.78, 5) is 27.6. The maximum atomic E-state index is 12.7. The molecule has 3 aliphatic rings. The number of hydrogen-bond acceptors (Lipinski definition) is 4. The van der Waals surface area contributed by atoms with Crippen LogP contribution in [0.15, 0.2) is 0 Å². The molecule has 2 heterocycles. The van der Waals surface area contributed by atoms with Gasteiger partial charge in [0.05, 0.1) is 13.2 Å².